The van der Waals surface area contributed by atoms with Gasteiger partial charge < -0.3 is 29.5 Å². The highest BCUT2D eigenvalue weighted by Gasteiger charge is 2.45. The Morgan fingerprint density at radius 3 is 1.69 bits per heavy atom. The lowest BCUT2D eigenvalue weighted by Crippen LogP contribution is -2.43. The fourth-order valence-electron chi connectivity index (χ4n) is 10.1. The summed E-state index contributed by atoms with van der Waals surface area (Å²) in [6.45, 7) is 26.0. The second-order valence-corrected chi connectivity index (χ2v) is 20.9. The molecule has 14 atom stereocenters. The van der Waals surface area contributed by atoms with E-state index in [-0.39, 0.29) is 72.7 Å². The molecule has 3 N–H and O–H groups in total. The van der Waals surface area contributed by atoms with E-state index in [2.05, 4.69) is 70.7 Å². The van der Waals surface area contributed by atoms with Crippen LogP contribution >= 0.6 is 0 Å². The summed E-state index contributed by atoms with van der Waals surface area (Å²) in [5.74, 6) is 2.88. The van der Waals surface area contributed by atoms with Gasteiger partial charge in [-0.3, -0.25) is 14.4 Å². The quantitative estimate of drug-likeness (QED) is 0.130. The highest BCUT2D eigenvalue weighted by molar-refractivity contribution is 5.77. The van der Waals surface area contributed by atoms with Gasteiger partial charge in [0.2, 0.25) is 0 Å². The molecule has 0 aromatic carbocycles. The molecule has 5 aliphatic rings. The lowest BCUT2D eigenvalue weighted by atomic mass is 9.65. The SMILES string of the molecule is C=C1C[C@H](O)CC(CC[C@@H]2[C@@H]3C(=C[C@H](C)C[C@@H]3OC(=O)C(C)(C)CC)C=C[C@@H]2C)O1.CCC(C)(C)C(=O)O[C@H]1C[C@@H](C)C=C2C=C[C@H](C)[C@H](CCC(O)C[C@@H](O)CC(C)=O)[C@H]21. The minimum Gasteiger partial charge on any atom is -0.495 e. The molecule has 1 saturated heterocycles. The Balaban J connectivity index is 0.000000269. The molecule has 1 heterocycles. The van der Waals surface area contributed by atoms with E-state index in [4.69, 9.17) is 14.2 Å². The molecule has 5 rings (SSSR count). The summed E-state index contributed by atoms with van der Waals surface area (Å²) in [5.41, 5.74) is 1.60. The van der Waals surface area contributed by atoms with Crippen molar-refractivity contribution in [2.75, 3.05) is 0 Å². The van der Waals surface area contributed by atoms with Gasteiger partial charge >= 0.3 is 11.9 Å². The third kappa shape index (κ3) is 14.0. The molecule has 0 bridgehead atoms. The molecule has 344 valence electrons. The number of hydrogen-bond donors (Lipinski definition) is 3. The van der Waals surface area contributed by atoms with Crippen LogP contribution in [-0.4, -0.2) is 69.7 Å². The number of allylic oxidation sites excluding steroid dienone is 6. The third-order valence-electron chi connectivity index (χ3n) is 14.6. The molecule has 0 aromatic heterocycles. The molecule has 0 aromatic rings. The van der Waals surface area contributed by atoms with E-state index in [1.807, 2.05) is 41.5 Å². The number of hydrogen-bond acceptors (Lipinski definition) is 9. The fraction of sp³-hybridized carbons (Fsp3) is 0.750. The number of rotatable bonds is 16. The first kappa shape index (κ1) is 50.6. The first-order chi connectivity index (χ1) is 28.5. The number of esters is 2. The van der Waals surface area contributed by atoms with E-state index in [0.29, 0.717) is 54.6 Å². The standard InChI is InChI=1S/C26H42O5.C26H40O4/c1-7-26(5,6)25(30)31-23-13-16(2)12-19-9-8-17(3)22(24(19)23)11-10-20(28)15-21(29)14-18(4)27;1-7-26(5,6)25(28)30-23-13-16(2)12-19-9-8-17(3)22(24(19)23)11-10-21-15-20(27)14-18(4)29-21/h8-9,12,16-17,20-24,28-29H,7,10-11,13-15H2,1-6H3;8-9,12,16-17,20-24,27H,4,7,10-11,13-15H2,1-3,5-6H3/t16-,17-,20?,21-,22-,23-,24-;16-,17-,20-,21?,22-,23-,24-/m00/s1. The zero-order chi connectivity index (χ0) is 45.4. The lowest BCUT2D eigenvalue weighted by Gasteiger charge is -2.44. The van der Waals surface area contributed by atoms with Crippen LogP contribution in [0.1, 0.15) is 153 Å². The van der Waals surface area contributed by atoms with E-state index in [1.54, 1.807) is 0 Å². The predicted molar refractivity (Wildman–Crippen MR) is 242 cm³/mol. The molecule has 0 amide bonds. The number of carbonyl (C=O) groups is 3. The number of aliphatic hydroxyl groups is 3. The normalized spacial score (nSPS) is 33.3. The topological polar surface area (TPSA) is 140 Å². The summed E-state index contributed by atoms with van der Waals surface area (Å²) in [5, 5.41) is 30.5. The van der Waals surface area contributed by atoms with Crippen LogP contribution < -0.4 is 0 Å². The average molecular weight is 851 g/mol. The van der Waals surface area contributed by atoms with E-state index < -0.39 is 23.0 Å². The van der Waals surface area contributed by atoms with Gasteiger partial charge in [0, 0.05) is 31.1 Å². The molecule has 4 aliphatic carbocycles. The van der Waals surface area contributed by atoms with Gasteiger partial charge in [0.05, 0.1) is 34.9 Å². The lowest BCUT2D eigenvalue weighted by molar-refractivity contribution is -0.165. The van der Waals surface area contributed by atoms with Crippen LogP contribution in [0.3, 0.4) is 0 Å². The molecule has 9 heteroatoms. The largest absolute Gasteiger partial charge is 0.495 e. The fourth-order valence-corrected chi connectivity index (χ4v) is 10.1. The number of ether oxygens (including phenoxy) is 3. The predicted octanol–water partition coefficient (Wildman–Crippen LogP) is 10.2. The Bertz CT molecular complexity index is 1630. The van der Waals surface area contributed by atoms with Gasteiger partial charge in [0.25, 0.3) is 0 Å². The van der Waals surface area contributed by atoms with E-state index in [1.165, 1.54) is 18.1 Å². The zero-order valence-corrected chi connectivity index (χ0v) is 39.5. The van der Waals surface area contributed by atoms with Gasteiger partial charge in [-0.05, 0) is 139 Å². The van der Waals surface area contributed by atoms with E-state index >= 15 is 0 Å². The van der Waals surface area contributed by atoms with Crippen LogP contribution in [0.5, 0.6) is 0 Å². The van der Waals surface area contributed by atoms with Crippen molar-refractivity contribution >= 4 is 17.7 Å². The van der Waals surface area contributed by atoms with Crippen molar-refractivity contribution in [2.24, 2.45) is 58.2 Å². The van der Waals surface area contributed by atoms with Crippen LogP contribution in [-0.2, 0) is 28.6 Å². The molecule has 0 saturated carbocycles. The minimum atomic E-state index is -0.799. The summed E-state index contributed by atoms with van der Waals surface area (Å²) < 4.78 is 18.2. The molecule has 9 nitrogen and oxygen atoms in total. The van der Waals surface area contributed by atoms with Crippen molar-refractivity contribution in [1.82, 2.24) is 0 Å². The molecule has 2 unspecified atom stereocenters. The summed E-state index contributed by atoms with van der Waals surface area (Å²) >= 11 is 0. The Labute approximate surface area is 368 Å². The highest BCUT2D eigenvalue weighted by atomic mass is 16.6. The Hall–Kier alpha value is -3.01. The number of fused-ring (bicyclic) bond motifs is 2. The van der Waals surface area contributed by atoms with Crippen molar-refractivity contribution in [2.45, 2.75) is 190 Å². The Kier molecular flexibility index (Phi) is 18.3. The molecular formula is C52H82O9. The average Bonchev–Trinajstić information content (AvgIpc) is 3.16. The second-order valence-electron chi connectivity index (χ2n) is 20.9. The number of ketones is 1. The Morgan fingerprint density at radius 1 is 0.770 bits per heavy atom. The van der Waals surface area contributed by atoms with Crippen LogP contribution in [0, 0.1) is 58.2 Å². The van der Waals surface area contributed by atoms with Crippen molar-refractivity contribution in [3.8, 4) is 0 Å². The van der Waals surface area contributed by atoms with Gasteiger partial charge in [-0.25, -0.2) is 0 Å². The minimum absolute atomic E-state index is 0.0225. The van der Waals surface area contributed by atoms with Gasteiger partial charge in [0.15, 0.2) is 0 Å². The van der Waals surface area contributed by atoms with Crippen LogP contribution in [0.4, 0.5) is 0 Å². The van der Waals surface area contributed by atoms with Crippen molar-refractivity contribution in [3.05, 3.63) is 59.9 Å². The van der Waals surface area contributed by atoms with Gasteiger partial charge in [-0.1, -0.05) is 84.6 Å². The summed E-state index contributed by atoms with van der Waals surface area (Å²) in [6, 6.07) is 0. The summed E-state index contributed by atoms with van der Waals surface area (Å²) in [6.07, 6.45) is 19.5. The molecule has 1 fully saturated rings. The van der Waals surface area contributed by atoms with Crippen LogP contribution in [0.2, 0.25) is 0 Å². The molecule has 0 spiro atoms. The second kappa shape index (κ2) is 22.1. The summed E-state index contributed by atoms with van der Waals surface area (Å²) in [4.78, 5) is 36.9. The van der Waals surface area contributed by atoms with Crippen LogP contribution in [0.15, 0.2) is 59.9 Å². The maximum Gasteiger partial charge on any atom is 0.311 e. The zero-order valence-electron chi connectivity index (χ0n) is 39.5. The van der Waals surface area contributed by atoms with Crippen LogP contribution in [0.25, 0.3) is 0 Å². The first-order valence-corrected chi connectivity index (χ1v) is 23.6. The molecular weight excluding hydrogens is 769 g/mol. The number of carbonyl (C=O) groups excluding carboxylic acids is 3. The Morgan fingerprint density at radius 2 is 1.25 bits per heavy atom. The molecule has 0 radical (unpaired) electrons. The molecule has 1 aliphatic heterocycles. The maximum atomic E-state index is 12.9. The van der Waals surface area contributed by atoms with Crippen molar-refractivity contribution in [1.29, 1.82) is 0 Å². The van der Waals surface area contributed by atoms with Gasteiger partial charge in [-0.15, -0.1) is 0 Å². The number of Topliss-reactive ketones (excluding diaryl/α,β-unsaturated/α-hetero) is 1. The first-order valence-electron chi connectivity index (χ1n) is 23.6. The van der Waals surface area contributed by atoms with E-state index in [9.17, 15) is 29.7 Å². The summed E-state index contributed by atoms with van der Waals surface area (Å²) in [7, 11) is 0. The van der Waals surface area contributed by atoms with Gasteiger partial charge in [-0.2, -0.15) is 0 Å². The third-order valence-corrected chi connectivity index (χ3v) is 14.6. The molecule has 61 heavy (non-hydrogen) atoms. The number of aliphatic hydroxyl groups excluding tert-OH is 3. The van der Waals surface area contributed by atoms with Crippen molar-refractivity contribution in [3.63, 3.8) is 0 Å². The highest BCUT2D eigenvalue weighted by Crippen LogP contribution is 2.47. The monoisotopic (exact) mass is 851 g/mol. The van der Waals surface area contributed by atoms with Crippen molar-refractivity contribution < 1.29 is 43.9 Å². The van der Waals surface area contributed by atoms with E-state index in [0.717, 1.165) is 44.9 Å². The smallest absolute Gasteiger partial charge is 0.311 e. The van der Waals surface area contributed by atoms with Gasteiger partial charge in [0.1, 0.15) is 24.1 Å². The maximum absolute atomic E-state index is 12.9.